The van der Waals surface area contributed by atoms with Crippen LogP contribution in [0.4, 0.5) is 0 Å². The van der Waals surface area contributed by atoms with E-state index in [0.29, 0.717) is 0 Å². The minimum absolute atomic E-state index is 1.25. The minimum Gasteiger partial charge on any atom is -0.312 e. The van der Waals surface area contributed by atoms with Gasteiger partial charge >= 0.3 is 0 Å². The van der Waals surface area contributed by atoms with Gasteiger partial charge in [-0.15, -0.1) is 0 Å². The van der Waals surface area contributed by atoms with Crippen LogP contribution in [0.2, 0.25) is 0 Å². The molecule has 0 aromatic carbocycles. The van der Waals surface area contributed by atoms with Gasteiger partial charge in [0, 0.05) is 13.1 Å². The highest BCUT2D eigenvalue weighted by Crippen LogP contribution is 2.20. The highest BCUT2D eigenvalue weighted by Gasteiger charge is 2.42. The predicted molar refractivity (Wildman–Crippen MR) is 32.6 cm³/mol. The molecule has 0 bridgehead atoms. The van der Waals surface area contributed by atoms with Crippen molar-refractivity contribution < 1.29 is 4.48 Å². The molecule has 2 heteroatoms. The first kappa shape index (κ1) is 4.77. The second-order valence-corrected chi connectivity index (χ2v) is 2.99. The third-order valence-electron chi connectivity index (χ3n) is 2.38. The van der Waals surface area contributed by atoms with Gasteiger partial charge < -0.3 is 9.80 Å². The maximum atomic E-state index is 3.36. The van der Waals surface area contributed by atoms with Crippen LogP contribution in [0.15, 0.2) is 0 Å². The van der Waals surface area contributed by atoms with E-state index in [1.54, 1.807) is 0 Å². The molecule has 2 aliphatic heterocycles. The highest BCUT2D eigenvalue weighted by molar-refractivity contribution is 4.64. The predicted octanol–water partition coefficient (Wildman–Crippen LogP) is -0.580. The molecular formula is C6H13N2+. The van der Waals surface area contributed by atoms with Crippen molar-refractivity contribution in [3.63, 3.8) is 0 Å². The number of nitrogens with one attached hydrogen (secondary N) is 1. The molecule has 0 aromatic rings. The summed E-state index contributed by atoms with van der Waals surface area (Å²) in [6.45, 7) is 8.20. The minimum atomic E-state index is 1.25. The molecule has 0 unspecified atom stereocenters. The Hall–Kier alpha value is -0.0800. The molecule has 1 spiro atoms. The Balaban J connectivity index is 1.95. The summed E-state index contributed by atoms with van der Waals surface area (Å²) in [7, 11) is 0. The van der Waals surface area contributed by atoms with Gasteiger partial charge in [0.2, 0.25) is 0 Å². The van der Waals surface area contributed by atoms with E-state index in [1.807, 2.05) is 0 Å². The normalized spacial score (nSPS) is 33.0. The third-order valence-corrected chi connectivity index (χ3v) is 2.38. The lowest BCUT2D eigenvalue weighted by atomic mass is 10.4. The Kier molecular flexibility index (Phi) is 0.866. The number of quaternary nitrogens is 1. The van der Waals surface area contributed by atoms with E-state index in [-0.39, 0.29) is 0 Å². The van der Waals surface area contributed by atoms with E-state index in [2.05, 4.69) is 5.32 Å². The lowest BCUT2D eigenvalue weighted by Gasteiger charge is -2.23. The van der Waals surface area contributed by atoms with E-state index >= 15 is 0 Å². The Morgan fingerprint density at radius 3 is 1.88 bits per heavy atom. The molecule has 0 amide bonds. The van der Waals surface area contributed by atoms with E-state index < -0.39 is 0 Å². The highest BCUT2D eigenvalue weighted by atomic mass is 15.5. The lowest BCUT2D eigenvalue weighted by Crippen LogP contribution is -2.45. The van der Waals surface area contributed by atoms with Crippen LogP contribution >= 0.6 is 0 Å². The van der Waals surface area contributed by atoms with Crippen molar-refractivity contribution in [3.05, 3.63) is 0 Å². The van der Waals surface area contributed by atoms with Gasteiger partial charge in [-0.25, -0.2) is 0 Å². The fourth-order valence-electron chi connectivity index (χ4n) is 1.46. The van der Waals surface area contributed by atoms with Gasteiger partial charge in [-0.1, -0.05) is 0 Å². The Labute approximate surface area is 50.1 Å². The van der Waals surface area contributed by atoms with Crippen LogP contribution in [0.1, 0.15) is 0 Å². The van der Waals surface area contributed by atoms with Crippen molar-refractivity contribution in [3.8, 4) is 0 Å². The third kappa shape index (κ3) is 0.644. The quantitative estimate of drug-likeness (QED) is 0.327. The summed E-state index contributed by atoms with van der Waals surface area (Å²) in [4.78, 5) is 0. The second kappa shape index (κ2) is 1.45. The smallest absolute Gasteiger partial charge is 0.129 e. The summed E-state index contributed by atoms with van der Waals surface area (Å²) in [5.74, 6) is 0. The first-order valence-electron chi connectivity index (χ1n) is 3.47. The van der Waals surface area contributed by atoms with Crippen molar-refractivity contribution in [1.82, 2.24) is 5.32 Å². The van der Waals surface area contributed by atoms with Gasteiger partial charge in [0.1, 0.15) is 13.1 Å². The van der Waals surface area contributed by atoms with Crippen LogP contribution in [-0.4, -0.2) is 43.8 Å². The average molecular weight is 113 g/mol. The molecule has 2 heterocycles. The van der Waals surface area contributed by atoms with Crippen LogP contribution < -0.4 is 5.32 Å². The van der Waals surface area contributed by atoms with Crippen LogP contribution in [0.25, 0.3) is 0 Å². The van der Waals surface area contributed by atoms with E-state index in [9.17, 15) is 0 Å². The fraction of sp³-hybridized carbons (Fsp3) is 1.00. The zero-order chi connectivity index (χ0) is 5.45. The van der Waals surface area contributed by atoms with Crippen LogP contribution in [0, 0.1) is 0 Å². The summed E-state index contributed by atoms with van der Waals surface area (Å²) in [5.41, 5.74) is 0. The lowest BCUT2D eigenvalue weighted by molar-refractivity contribution is -0.801. The Bertz CT molecular complexity index is 88.7. The van der Waals surface area contributed by atoms with Crippen molar-refractivity contribution in [1.29, 1.82) is 0 Å². The average Bonchev–Trinajstić information content (AvgIpc) is 2.52. The van der Waals surface area contributed by atoms with Crippen molar-refractivity contribution >= 4 is 0 Å². The van der Waals surface area contributed by atoms with E-state index in [1.165, 1.54) is 43.8 Å². The van der Waals surface area contributed by atoms with Crippen LogP contribution in [0.5, 0.6) is 0 Å². The van der Waals surface area contributed by atoms with E-state index in [0.717, 1.165) is 0 Å². The monoisotopic (exact) mass is 113 g/mol. The van der Waals surface area contributed by atoms with Gasteiger partial charge in [0.25, 0.3) is 0 Å². The standard InChI is InChI=1S/C6H13N2/c1-3-8(5-6-8)4-2-7-1/h7H,1-6H2/q+1. The maximum absolute atomic E-state index is 3.36. The summed E-state index contributed by atoms with van der Waals surface area (Å²) < 4.78 is 1.44. The first-order valence-corrected chi connectivity index (χ1v) is 3.47. The molecule has 1 N–H and O–H groups in total. The first-order chi connectivity index (χ1) is 3.91. The molecule has 2 rings (SSSR count). The molecule has 8 heavy (non-hydrogen) atoms. The van der Waals surface area contributed by atoms with Crippen LogP contribution in [-0.2, 0) is 0 Å². The Morgan fingerprint density at radius 1 is 0.875 bits per heavy atom. The summed E-state index contributed by atoms with van der Waals surface area (Å²) >= 11 is 0. The maximum Gasteiger partial charge on any atom is 0.129 e. The van der Waals surface area contributed by atoms with Crippen LogP contribution in [0.3, 0.4) is 0 Å². The zero-order valence-corrected chi connectivity index (χ0v) is 5.19. The fourth-order valence-corrected chi connectivity index (χ4v) is 1.46. The molecular weight excluding hydrogens is 100 g/mol. The molecule has 2 aliphatic rings. The van der Waals surface area contributed by atoms with Gasteiger partial charge in [-0.3, -0.25) is 0 Å². The van der Waals surface area contributed by atoms with Gasteiger partial charge in [-0.05, 0) is 0 Å². The molecule has 2 saturated heterocycles. The number of nitrogens with zero attached hydrogens (tertiary/aromatic N) is 1. The summed E-state index contributed by atoms with van der Waals surface area (Å²) in [6.07, 6.45) is 0. The zero-order valence-electron chi connectivity index (χ0n) is 5.19. The number of piperazine rings is 1. The van der Waals surface area contributed by atoms with Crippen molar-refractivity contribution in [2.45, 2.75) is 0 Å². The van der Waals surface area contributed by atoms with Crippen molar-refractivity contribution in [2.75, 3.05) is 39.3 Å². The molecule has 0 atom stereocenters. The molecule has 0 saturated carbocycles. The molecule has 2 nitrogen and oxygen atoms in total. The molecule has 0 aromatic heterocycles. The Morgan fingerprint density at radius 2 is 1.50 bits per heavy atom. The topological polar surface area (TPSA) is 12.0 Å². The van der Waals surface area contributed by atoms with E-state index in [4.69, 9.17) is 0 Å². The molecule has 0 aliphatic carbocycles. The van der Waals surface area contributed by atoms with Gasteiger partial charge in [0.15, 0.2) is 0 Å². The summed E-state index contributed by atoms with van der Waals surface area (Å²) in [6, 6.07) is 0. The summed E-state index contributed by atoms with van der Waals surface area (Å²) in [5, 5.41) is 3.36. The van der Waals surface area contributed by atoms with Crippen molar-refractivity contribution in [2.24, 2.45) is 0 Å². The van der Waals surface area contributed by atoms with Gasteiger partial charge in [-0.2, -0.15) is 0 Å². The molecule has 46 valence electrons. The molecule has 0 radical (unpaired) electrons. The molecule has 2 fully saturated rings. The number of hydrogen-bond acceptors (Lipinski definition) is 1. The largest absolute Gasteiger partial charge is 0.312 e. The number of hydrogen-bond donors (Lipinski definition) is 1. The number of rotatable bonds is 0. The van der Waals surface area contributed by atoms with Gasteiger partial charge in [0.05, 0.1) is 13.1 Å². The second-order valence-electron chi connectivity index (χ2n) is 2.99. The SMILES string of the molecule is C1C[N+]2(CCN1)CC2.